The highest BCUT2D eigenvalue weighted by Gasteiger charge is 2.30. The summed E-state index contributed by atoms with van der Waals surface area (Å²) < 4.78 is 68.8. The van der Waals surface area contributed by atoms with Gasteiger partial charge in [-0.2, -0.15) is 0 Å². The van der Waals surface area contributed by atoms with Crippen LogP contribution < -0.4 is 0 Å². The monoisotopic (exact) mass is 1520 g/mol. The van der Waals surface area contributed by atoms with Crippen molar-refractivity contribution in [3.8, 4) is 0 Å². The van der Waals surface area contributed by atoms with E-state index in [0.29, 0.717) is 25.7 Å². The number of aliphatic hydroxyl groups is 1. The molecule has 0 aliphatic carbocycles. The SMILES string of the molecule is CCC(C)CCCCCCCCCCCCCCCCCCCCC(=O)O[C@H](COC(=O)CCCCCCCCCCCCCCCCCC(C)C)COP(=O)(O)OCC(O)COP(=O)(O)OC[C@@H](COC(=O)CCCCCCCCCCC(C)C)OC(=O)CCCCCCCCCCCCC(C)C. The summed E-state index contributed by atoms with van der Waals surface area (Å²) in [4.78, 5) is 73.2. The Hall–Kier alpha value is -1.94. The minimum Gasteiger partial charge on any atom is -0.462 e. The summed E-state index contributed by atoms with van der Waals surface area (Å²) in [5.74, 6) is 1.05. The van der Waals surface area contributed by atoms with E-state index in [1.807, 2.05) is 0 Å². The van der Waals surface area contributed by atoms with Gasteiger partial charge in [0.1, 0.15) is 19.3 Å². The molecule has 6 atom stereocenters. The van der Waals surface area contributed by atoms with Crippen LogP contribution in [0, 0.1) is 23.7 Å². The molecule has 17 nitrogen and oxygen atoms in total. The zero-order valence-corrected chi connectivity index (χ0v) is 70.5. The van der Waals surface area contributed by atoms with E-state index in [9.17, 15) is 43.2 Å². The first-order valence-corrected chi connectivity index (χ1v) is 46.7. The molecule has 0 bridgehead atoms. The van der Waals surface area contributed by atoms with Crippen LogP contribution >= 0.6 is 15.6 Å². The molecule has 0 rings (SSSR count). The summed E-state index contributed by atoms with van der Waals surface area (Å²) in [7, 11) is -9.93. The first-order valence-electron chi connectivity index (χ1n) is 43.7. The molecule has 0 aliphatic heterocycles. The molecular formula is C85H166O17P2. The van der Waals surface area contributed by atoms with E-state index in [1.165, 1.54) is 244 Å². The zero-order chi connectivity index (χ0) is 76.7. The van der Waals surface area contributed by atoms with Gasteiger partial charge in [-0.05, 0) is 49.4 Å². The Labute approximate surface area is 638 Å². The van der Waals surface area contributed by atoms with Crippen molar-refractivity contribution in [3.05, 3.63) is 0 Å². The lowest BCUT2D eigenvalue weighted by Crippen LogP contribution is -2.30. The minimum absolute atomic E-state index is 0.105. The van der Waals surface area contributed by atoms with E-state index in [1.54, 1.807) is 0 Å². The molecule has 0 radical (unpaired) electrons. The van der Waals surface area contributed by atoms with Gasteiger partial charge in [-0.1, -0.05) is 389 Å². The van der Waals surface area contributed by atoms with Crippen molar-refractivity contribution in [2.75, 3.05) is 39.6 Å². The van der Waals surface area contributed by atoms with E-state index in [2.05, 4.69) is 55.4 Å². The van der Waals surface area contributed by atoms with Gasteiger partial charge in [0, 0.05) is 25.7 Å². The van der Waals surface area contributed by atoms with Crippen molar-refractivity contribution < 1.29 is 80.2 Å². The van der Waals surface area contributed by atoms with Gasteiger partial charge in [0.2, 0.25) is 0 Å². The van der Waals surface area contributed by atoms with Gasteiger partial charge >= 0.3 is 39.5 Å². The number of hydrogen-bond donors (Lipinski definition) is 3. The number of carbonyl (C=O) groups excluding carboxylic acids is 4. The second kappa shape index (κ2) is 73.8. The zero-order valence-electron chi connectivity index (χ0n) is 68.7. The first-order chi connectivity index (χ1) is 50.1. The summed E-state index contributed by atoms with van der Waals surface area (Å²) >= 11 is 0. The number of hydrogen-bond acceptors (Lipinski definition) is 15. The van der Waals surface area contributed by atoms with Crippen molar-refractivity contribution in [1.82, 2.24) is 0 Å². The molecule has 0 spiro atoms. The van der Waals surface area contributed by atoms with Crippen molar-refractivity contribution in [2.24, 2.45) is 23.7 Å². The van der Waals surface area contributed by atoms with E-state index in [-0.39, 0.29) is 25.7 Å². The van der Waals surface area contributed by atoms with Crippen molar-refractivity contribution >= 4 is 39.5 Å². The number of carbonyl (C=O) groups is 4. The van der Waals surface area contributed by atoms with Gasteiger partial charge in [0.25, 0.3) is 0 Å². The summed E-state index contributed by atoms with van der Waals surface area (Å²) in [6.07, 6.45) is 62.5. The average Bonchev–Trinajstić information content (AvgIpc) is 0.918. The number of ether oxygens (including phenoxy) is 4. The van der Waals surface area contributed by atoms with Crippen LogP contribution in [0.15, 0.2) is 0 Å². The molecule has 618 valence electrons. The Morgan fingerprint density at radius 2 is 0.462 bits per heavy atom. The van der Waals surface area contributed by atoms with Crippen molar-refractivity contribution in [3.63, 3.8) is 0 Å². The fraction of sp³-hybridized carbons (Fsp3) is 0.953. The molecule has 19 heteroatoms. The van der Waals surface area contributed by atoms with Crippen LogP contribution in [0.4, 0.5) is 0 Å². The molecule has 0 saturated carbocycles. The smallest absolute Gasteiger partial charge is 0.462 e. The van der Waals surface area contributed by atoms with Gasteiger partial charge in [-0.25, -0.2) is 9.13 Å². The molecule has 0 heterocycles. The number of esters is 4. The summed E-state index contributed by atoms with van der Waals surface area (Å²) in [5, 5.41) is 10.7. The maximum Gasteiger partial charge on any atom is 0.472 e. The molecule has 0 aromatic rings. The molecule has 0 saturated heterocycles. The van der Waals surface area contributed by atoms with E-state index in [0.717, 1.165) is 114 Å². The molecule has 0 aromatic heterocycles. The Morgan fingerprint density at radius 3 is 0.683 bits per heavy atom. The van der Waals surface area contributed by atoms with Crippen molar-refractivity contribution in [2.45, 2.75) is 459 Å². The highest BCUT2D eigenvalue weighted by atomic mass is 31.2. The molecule has 104 heavy (non-hydrogen) atoms. The molecule has 0 fully saturated rings. The van der Waals surface area contributed by atoms with E-state index < -0.39 is 97.5 Å². The minimum atomic E-state index is -4.97. The summed E-state index contributed by atoms with van der Waals surface area (Å²) in [6, 6.07) is 0. The number of aliphatic hydroxyl groups excluding tert-OH is 1. The van der Waals surface area contributed by atoms with E-state index in [4.69, 9.17) is 37.0 Å². The van der Waals surface area contributed by atoms with Crippen LogP contribution in [0.3, 0.4) is 0 Å². The molecule has 0 aromatic carbocycles. The molecule has 4 unspecified atom stereocenters. The second-order valence-electron chi connectivity index (χ2n) is 32.2. The highest BCUT2D eigenvalue weighted by Crippen LogP contribution is 2.45. The van der Waals surface area contributed by atoms with Gasteiger partial charge in [-0.15, -0.1) is 0 Å². The number of rotatable bonds is 82. The van der Waals surface area contributed by atoms with Crippen LogP contribution in [0.5, 0.6) is 0 Å². The predicted molar refractivity (Wildman–Crippen MR) is 428 cm³/mol. The lowest BCUT2D eigenvalue weighted by molar-refractivity contribution is -0.161. The first kappa shape index (κ1) is 102. The lowest BCUT2D eigenvalue weighted by Gasteiger charge is -2.21. The molecule has 0 amide bonds. The standard InChI is InChI=1S/C85H166O17P2/c1-9-78(8)64-56-48-40-31-24-20-16-12-10-11-13-17-22-26-33-43-51-59-67-84(89)101-80(71-95-82(87)65-57-49-41-32-25-21-18-14-15-19-23-29-37-45-53-61-75(2)3)73-99-103(91,92)97-69-79(86)70-98-104(93,94)100-74-81(72-96-83(88)66-58-50-42-36-35-39-47-55-63-77(6)7)102-85(90)68-60-52-44-34-28-27-30-38-46-54-62-76(4)5/h75-81,86H,9-74H2,1-8H3,(H,91,92)(H,93,94)/t78?,79?,80-,81-/m1/s1. The normalized spacial score (nSPS) is 14.2. The van der Waals surface area contributed by atoms with Crippen LogP contribution in [0.2, 0.25) is 0 Å². The maximum atomic E-state index is 13.1. The third kappa shape index (κ3) is 76.8. The lowest BCUT2D eigenvalue weighted by atomic mass is 9.99. The molecule has 3 N–H and O–H groups in total. The Bertz CT molecular complexity index is 2030. The molecular weight excluding hydrogens is 1350 g/mol. The average molecular weight is 1520 g/mol. The van der Waals surface area contributed by atoms with Crippen LogP contribution in [0.25, 0.3) is 0 Å². The number of phosphoric acid groups is 2. The quantitative estimate of drug-likeness (QED) is 0.0222. The van der Waals surface area contributed by atoms with Crippen molar-refractivity contribution in [1.29, 1.82) is 0 Å². The van der Waals surface area contributed by atoms with Crippen LogP contribution in [-0.2, 0) is 65.4 Å². The fourth-order valence-electron chi connectivity index (χ4n) is 13.1. The Kier molecular flexibility index (Phi) is 72.5. The summed E-state index contributed by atoms with van der Waals surface area (Å²) in [6.45, 7) is 14.3. The fourth-order valence-corrected chi connectivity index (χ4v) is 14.7. The summed E-state index contributed by atoms with van der Waals surface area (Å²) in [5.41, 5.74) is 0. The Morgan fingerprint density at radius 1 is 0.269 bits per heavy atom. The Balaban J connectivity index is 5.23. The number of phosphoric ester groups is 2. The van der Waals surface area contributed by atoms with Crippen LogP contribution in [-0.4, -0.2) is 96.7 Å². The topological polar surface area (TPSA) is 237 Å². The third-order valence-electron chi connectivity index (χ3n) is 20.2. The van der Waals surface area contributed by atoms with Gasteiger partial charge in [0.05, 0.1) is 26.4 Å². The number of unbranched alkanes of at least 4 members (excludes halogenated alkanes) is 47. The predicted octanol–water partition coefficient (Wildman–Crippen LogP) is 25.6. The third-order valence-corrected chi connectivity index (χ3v) is 22.1. The second-order valence-corrected chi connectivity index (χ2v) is 35.2. The van der Waals surface area contributed by atoms with Gasteiger partial charge < -0.3 is 33.8 Å². The van der Waals surface area contributed by atoms with Gasteiger partial charge in [-0.3, -0.25) is 37.3 Å². The van der Waals surface area contributed by atoms with Gasteiger partial charge in [0.15, 0.2) is 12.2 Å². The maximum absolute atomic E-state index is 13.1. The highest BCUT2D eigenvalue weighted by molar-refractivity contribution is 7.47. The van der Waals surface area contributed by atoms with E-state index >= 15 is 0 Å². The largest absolute Gasteiger partial charge is 0.472 e. The molecule has 0 aliphatic rings. The van der Waals surface area contributed by atoms with Crippen LogP contribution in [0.1, 0.15) is 441 Å².